The highest BCUT2D eigenvalue weighted by molar-refractivity contribution is 7.80. The van der Waals surface area contributed by atoms with E-state index < -0.39 is 0 Å². The van der Waals surface area contributed by atoms with Gasteiger partial charge in [-0.2, -0.15) is 0 Å². The largest absolute Gasteiger partial charge is 0.376 e. The molecule has 3 N–H and O–H groups in total. The van der Waals surface area contributed by atoms with Crippen molar-refractivity contribution in [3.8, 4) is 0 Å². The van der Waals surface area contributed by atoms with Gasteiger partial charge in [-0.1, -0.05) is 36.4 Å². The summed E-state index contributed by atoms with van der Waals surface area (Å²) in [4.78, 5) is 24.3. The van der Waals surface area contributed by atoms with Gasteiger partial charge < -0.3 is 15.4 Å². The van der Waals surface area contributed by atoms with Crippen molar-refractivity contribution in [2.24, 2.45) is 0 Å². The number of hydrogen-bond donors (Lipinski definition) is 3. The Bertz CT molecular complexity index is 893. The summed E-state index contributed by atoms with van der Waals surface area (Å²) in [6.45, 7) is 1.25. The lowest BCUT2D eigenvalue weighted by Crippen LogP contribution is -2.33. The molecular formula is C22H23N3O3S. The first-order valence-corrected chi connectivity index (χ1v) is 9.86. The average Bonchev–Trinajstić information content (AvgIpc) is 3.25. The van der Waals surface area contributed by atoms with Crippen LogP contribution in [0.1, 0.15) is 28.8 Å². The molecule has 1 fully saturated rings. The molecule has 3 rings (SSSR count). The highest BCUT2D eigenvalue weighted by Gasteiger charge is 2.16. The van der Waals surface area contributed by atoms with Gasteiger partial charge in [-0.15, -0.1) is 0 Å². The van der Waals surface area contributed by atoms with Crippen LogP contribution in [0, 0.1) is 0 Å². The Balaban J connectivity index is 1.49. The maximum atomic E-state index is 12.3. The van der Waals surface area contributed by atoms with Crippen molar-refractivity contribution in [1.82, 2.24) is 10.6 Å². The fraction of sp³-hybridized carbons (Fsp3) is 0.227. The number of carbonyl (C=O) groups is 2. The first-order valence-electron chi connectivity index (χ1n) is 9.45. The Hall–Kier alpha value is -3.03. The number of ether oxygens (including phenoxy) is 1. The van der Waals surface area contributed by atoms with Crippen LogP contribution in [-0.4, -0.2) is 36.2 Å². The van der Waals surface area contributed by atoms with Crippen LogP contribution in [0.3, 0.4) is 0 Å². The summed E-state index contributed by atoms with van der Waals surface area (Å²) in [6.07, 6.45) is 5.21. The van der Waals surface area contributed by atoms with Crippen LogP contribution in [0.15, 0.2) is 60.7 Å². The molecule has 2 aromatic carbocycles. The molecule has 150 valence electrons. The summed E-state index contributed by atoms with van der Waals surface area (Å²) >= 11 is 5.18. The minimum atomic E-state index is -0.336. The molecule has 7 heteroatoms. The van der Waals surface area contributed by atoms with Gasteiger partial charge in [0.2, 0.25) is 5.91 Å². The van der Waals surface area contributed by atoms with Gasteiger partial charge in [0.05, 0.1) is 6.10 Å². The van der Waals surface area contributed by atoms with Gasteiger partial charge in [-0.3, -0.25) is 14.9 Å². The lowest BCUT2D eigenvalue weighted by molar-refractivity contribution is -0.115. The molecule has 1 saturated heterocycles. The number of carbonyl (C=O) groups excluding carboxylic acids is 2. The number of anilines is 1. The van der Waals surface area contributed by atoms with Gasteiger partial charge in [0.15, 0.2) is 5.11 Å². The molecule has 2 amide bonds. The normalized spacial score (nSPS) is 15.8. The third kappa shape index (κ3) is 6.81. The van der Waals surface area contributed by atoms with Crippen molar-refractivity contribution in [2.75, 3.05) is 18.5 Å². The number of amides is 2. The van der Waals surface area contributed by atoms with Crippen molar-refractivity contribution < 1.29 is 14.3 Å². The lowest BCUT2D eigenvalue weighted by atomic mass is 10.1. The number of rotatable bonds is 6. The van der Waals surface area contributed by atoms with E-state index in [4.69, 9.17) is 17.0 Å². The van der Waals surface area contributed by atoms with Crippen LogP contribution >= 0.6 is 12.2 Å². The second-order valence-corrected chi connectivity index (χ2v) is 7.02. The predicted octanol–water partition coefficient (Wildman–Crippen LogP) is 3.12. The van der Waals surface area contributed by atoms with Crippen LogP contribution < -0.4 is 16.0 Å². The molecule has 6 nitrogen and oxygen atoms in total. The number of benzene rings is 2. The van der Waals surface area contributed by atoms with Gasteiger partial charge in [0, 0.05) is 30.5 Å². The Labute approximate surface area is 175 Å². The van der Waals surface area contributed by atoms with E-state index in [9.17, 15) is 9.59 Å². The minimum absolute atomic E-state index is 0.0898. The van der Waals surface area contributed by atoms with Gasteiger partial charge in [-0.25, -0.2) is 0 Å². The van der Waals surface area contributed by atoms with Gasteiger partial charge in [-0.05, 0) is 54.9 Å². The van der Waals surface area contributed by atoms with Crippen molar-refractivity contribution >= 4 is 40.9 Å². The van der Waals surface area contributed by atoms with Crippen LogP contribution in [0.25, 0.3) is 6.08 Å². The second kappa shape index (κ2) is 10.5. The lowest BCUT2D eigenvalue weighted by Gasteiger charge is -2.12. The molecule has 1 unspecified atom stereocenters. The quantitative estimate of drug-likeness (QED) is 0.505. The minimum Gasteiger partial charge on any atom is -0.376 e. The van der Waals surface area contributed by atoms with Gasteiger partial charge >= 0.3 is 0 Å². The molecule has 0 aromatic heterocycles. The first kappa shape index (κ1) is 20.7. The Kier molecular flexibility index (Phi) is 7.49. The highest BCUT2D eigenvalue weighted by Crippen LogP contribution is 2.13. The summed E-state index contributed by atoms with van der Waals surface area (Å²) in [6, 6.07) is 16.4. The van der Waals surface area contributed by atoms with E-state index in [0.29, 0.717) is 17.8 Å². The molecule has 1 aliphatic rings. The zero-order chi connectivity index (χ0) is 20.5. The smallest absolute Gasteiger partial charge is 0.251 e. The monoisotopic (exact) mass is 409 g/mol. The Morgan fingerprint density at radius 1 is 1.14 bits per heavy atom. The van der Waals surface area contributed by atoms with Gasteiger partial charge in [0.1, 0.15) is 0 Å². The van der Waals surface area contributed by atoms with E-state index in [-0.39, 0.29) is 23.0 Å². The number of hydrogen-bond acceptors (Lipinski definition) is 4. The van der Waals surface area contributed by atoms with Crippen LogP contribution in [0.4, 0.5) is 5.69 Å². The van der Waals surface area contributed by atoms with E-state index >= 15 is 0 Å². The van der Waals surface area contributed by atoms with Gasteiger partial charge in [0.25, 0.3) is 5.91 Å². The predicted molar refractivity (Wildman–Crippen MR) is 118 cm³/mol. The maximum absolute atomic E-state index is 12.3. The number of nitrogens with one attached hydrogen (secondary N) is 3. The molecule has 1 heterocycles. The summed E-state index contributed by atoms with van der Waals surface area (Å²) in [7, 11) is 0. The molecule has 1 atom stereocenters. The third-order valence-corrected chi connectivity index (χ3v) is 4.56. The zero-order valence-corrected chi connectivity index (χ0v) is 16.7. The van der Waals surface area contributed by atoms with Crippen LogP contribution in [0.2, 0.25) is 0 Å². The van der Waals surface area contributed by atoms with Crippen LogP contribution in [-0.2, 0) is 9.53 Å². The molecule has 0 bridgehead atoms. The molecule has 1 aliphatic heterocycles. The highest BCUT2D eigenvalue weighted by atomic mass is 32.1. The average molecular weight is 410 g/mol. The Morgan fingerprint density at radius 3 is 2.72 bits per heavy atom. The molecule has 0 spiro atoms. The number of thiocarbonyl (C=S) groups is 1. The molecule has 29 heavy (non-hydrogen) atoms. The zero-order valence-electron chi connectivity index (χ0n) is 15.9. The molecule has 0 radical (unpaired) electrons. The summed E-state index contributed by atoms with van der Waals surface area (Å²) < 4.78 is 5.51. The molecule has 0 aliphatic carbocycles. The van der Waals surface area contributed by atoms with E-state index in [2.05, 4.69) is 16.0 Å². The summed E-state index contributed by atoms with van der Waals surface area (Å²) in [5.74, 6) is -0.512. The SMILES string of the molecule is O=C(/C=C/c1ccccc1)NC(=S)Nc1cccc(C(=O)NCC2CCCO2)c1. The Morgan fingerprint density at radius 2 is 1.97 bits per heavy atom. The first-order chi connectivity index (χ1) is 14.1. The molecule has 0 saturated carbocycles. The maximum Gasteiger partial charge on any atom is 0.251 e. The summed E-state index contributed by atoms with van der Waals surface area (Å²) in [5.41, 5.74) is 2.04. The van der Waals surface area contributed by atoms with E-state index in [1.807, 2.05) is 30.3 Å². The van der Waals surface area contributed by atoms with E-state index in [0.717, 1.165) is 25.0 Å². The van der Waals surface area contributed by atoms with Crippen LogP contribution in [0.5, 0.6) is 0 Å². The third-order valence-electron chi connectivity index (χ3n) is 4.36. The topological polar surface area (TPSA) is 79.5 Å². The molecule has 2 aromatic rings. The van der Waals surface area contributed by atoms with Crippen molar-refractivity contribution in [1.29, 1.82) is 0 Å². The summed E-state index contributed by atoms with van der Waals surface area (Å²) in [5, 5.41) is 8.55. The van der Waals surface area contributed by atoms with E-state index in [1.165, 1.54) is 6.08 Å². The molecular weight excluding hydrogens is 386 g/mol. The van der Waals surface area contributed by atoms with Crippen molar-refractivity contribution in [2.45, 2.75) is 18.9 Å². The second-order valence-electron chi connectivity index (χ2n) is 6.61. The fourth-order valence-electron chi connectivity index (χ4n) is 2.90. The van der Waals surface area contributed by atoms with Crippen molar-refractivity contribution in [3.63, 3.8) is 0 Å². The fourth-order valence-corrected chi connectivity index (χ4v) is 3.12. The standard InChI is InChI=1S/C22H23N3O3S/c26-20(12-11-16-6-2-1-3-7-16)25-22(29)24-18-9-4-8-17(14-18)21(27)23-15-19-10-5-13-28-19/h1-4,6-9,11-12,14,19H,5,10,13,15H2,(H,23,27)(H2,24,25,26,29)/b12-11+. The van der Waals surface area contributed by atoms with E-state index in [1.54, 1.807) is 30.3 Å². The van der Waals surface area contributed by atoms with Crippen molar-refractivity contribution in [3.05, 3.63) is 71.8 Å².